The molecule has 0 aliphatic carbocycles. The Labute approximate surface area is 160 Å². The normalized spacial score (nSPS) is 12.7. The van der Waals surface area contributed by atoms with Crippen molar-refractivity contribution in [3.8, 4) is 29.7 Å². The van der Waals surface area contributed by atoms with E-state index in [1.807, 2.05) is 60.7 Å². The Kier molecular flexibility index (Phi) is 5.78. The van der Waals surface area contributed by atoms with E-state index in [2.05, 4.69) is 17.8 Å². The van der Waals surface area contributed by atoms with Gasteiger partial charge in [0.05, 0.1) is 5.41 Å². The first kappa shape index (κ1) is 18.5. The zero-order valence-corrected chi connectivity index (χ0v) is 15.4. The summed E-state index contributed by atoms with van der Waals surface area (Å²) in [6.45, 7) is 2.06. The monoisotopic (exact) mass is 357 g/mol. The fourth-order valence-electron chi connectivity index (χ4n) is 3.02. The molecule has 1 atom stereocenters. The minimum Gasteiger partial charge on any atom is -0.508 e. The minimum atomic E-state index is -0.369. The third-order valence-electron chi connectivity index (χ3n) is 4.68. The zero-order chi connectivity index (χ0) is 19.1. The summed E-state index contributed by atoms with van der Waals surface area (Å²) in [5.74, 6) is 4.53. The highest BCUT2D eigenvalue weighted by molar-refractivity contribution is 5.36. The number of para-hydroxylation sites is 1. The van der Waals surface area contributed by atoms with E-state index < -0.39 is 0 Å². The fourth-order valence-corrected chi connectivity index (χ4v) is 3.02. The highest BCUT2D eigenvalue weighted by atomic mass is 16.5. The van der Waals surface area contributed by atoms with E-state index in [9.17, 15) is 5.11 Å². The quantitative estimate of drug-likeness (QED) is 0.568. The van der Waals surface area contributed by atoms with Crippen LogP contribution in [0.1, 0.15) is 31.0 Å². The van der Waals surface area contributed by atoms with Crippen molar-refractivity contribution in [1.29, 1.82) is 0 Å². The molecule has 0 spiro atoms. The number of aryl methyl sites for hydroxylation is 1. The average molecular weight is 357 g/mol. The number of ether oxygens (including phenoxy) is 1. The van der Waals surface area contributed by atoms with Crippen molar-refractivity contribution in [2.24, 2.45) is 0 Å². The van der Waals surface area contributed by atoms with Gasteiger partial charge in [0.25, 0.3) is 0 Å². The summed E-state index contributed by atoms with van der Waals surface area (Å²) < 4.78 is 5.80. The van der Waals surface area contributed by atoms with Crippen molar-refractivity contribution < 1.29 is 9.84 Å². The maximum Gasteiger partial charge on any atom is 0.219 e. The van der Waals surface area contributed by atoms with Gasteiger partial charge in [0.1, 0.15) is 11.5 Å². The highest BCUT2D eigenvalue weighted by Gasteiger charge is 2.23. The van der Waals surface area contributed by atoms with E-state index in [4.69, 9.17) is 11.2 Å². The second-order valence-corrected chi connectivity index (χ2v) is 6.76. The third kappa shape index (κ3) is 4.89. The minimum absolute atomic E-state index is 0.248. The maximum atomic E-state index is 9.48. The molecule has 0 amide bonds. The predicted molar refractivity (Wildman–Crippen MR) is 108 cm³/mol. The summed E-state index contributed by atoms with van der Waals surface area (Å²) in [5.41, 5.74) is 1.65. The van der Waals surface area contributed by atoms with Gasteiger partial charge in [0.2, 0.25) is 5.88 Å². The van der Waals surface area contributed by atoms with Crippen LogP contribution >= 0.6 is 0 Å². The lowest BCUT2D eigenvalue weighted by Crippen LogP contribution is -2.19. The molecular weight excluding hydrogens is 334 g/mol. The predicted octanol–water partition coefficient (Wildman–Crippen LogP) is 5.49. The van der Waals surface area contributed by atoms with E-state index >= 15 is 0 Å². The molecule has 0 saturated heterocycles. The van der Waals surface area contributed by atoms with Gasteiger partial charge in [-0.1, -0.05) is 42.3 Å². The molecule has 0 bridgehead atoms. The van der Waals surface area contributed by atoms with Gasteiger partial charge in [-0.15, -0.1) is 6.42 Å². The standard InChI is InChI=1S/C24H23NO2/c1-3-24(2,19-14-16-21(26)17-15-19)18-8-10-20-9-7-13-23(25-20)27-22-11-5-4-6-12-22/h1,4-7,9,11-17,26H,8,10,18H2,2H3. The SMILES string of the molecule is C#CC(C)(CCCc1cccc(Oc2ccccc2)n1)c1ccc(O)cc1. The average Bonchev–Trinajstić information content (AvgIpc) is 2.69. The lowest BCUT2D eigenvalue weighted by Gasteiger charge is -2.24. The van der Waals surface area contributed by atoms with Crippen molar-refractivity contribution in [3.05, 3.63) is 84.1 Å². The van der Waals surface area contributed by atoms with Crippen LogP contribution in [0.4, 0.5) is 0 Å². The van der Waals surface area contributed by atoms with Gasteiger partial charge in [0, 0.05) is 11.8 Å². The Balaban J connectivity index is 1.62. The molecule has 3 aromatic rings. The van der Waals surface area contributed by atoms with E-state index in [0.29, 0.717) is 5.88 Å². The molecule has 3 nitrogen and oxygen atoms in total. The Morgan fingerprint density at radius 2 is 1.74 bits per heavy atom. The largest absolute Gasteiger partial charge is 0.508 e. The molecule has 1 aromatic heterocycles. The van der Waals surface area contributed by atoms with Gasteiger partial charge in [-0.25, -0.2) is 4.98 Å². The van der Waals surface area contributed by atoms with E-state index in [1.54, 1.807) is 12.1 Å². The molecule has 0 saturated carbocycles. The van der Waals surface area contributed by atoms with Crippen LogP contribution in [0.25, 0.3) is 0 Å². The lowest BCUT2D eigenvalue weighted by molar-refractivity contribution is 0.459. The van der Waals surface area contributed by atoms with Crippen molar-refractivity contribution in [2.75, 3.05) is 0 Å². The Hall–Kier alpha value is -3.25. The molecule has 2 aromatic carbocycles. The summed E-state index contributed by atoms with van der Waals surface area (Å²) >= 11 is 0. The zero-order valence-electron chi connectivity index (χ0n) is 15.4. The van der Waals surface area contributed by atoms with Crippen molar-refractivity contribution in [1.82, 2.24) is 4.98 Å². The van der Waals surface area contributed by atoms with Crippen LogP contribution in [0.5, 0.6) is 17.4 Å². The second-order valence-electron chi connectivity index (χ2n) is 6.76. The first-order valence-corrected chi connectivity index (χ1v) is 9.05. The molecule has 136 valence electrons. The van der Waals surface area contributed by atoms with Gasteiger partial charge in [-0.05, 0) is 62.1 Å². The molecule has 0 aliphatic rings. The van der Waals surface area contributed by atoms with Crippen LogP contribution in [0, 0.1) is 12.3 Å². The van der Waals surface area contributed by atoms with Crippen LogP contribution in [0.2, 0.25) is 0 Å². The molecule has 27 heavy (non-hydrogen) atoms. The van der Waals surface area contributed by atoms with Gasteiger partial charge in [-0.2, -0.15) is 0 Å². The number of rotatable bonds is 7. The Morgan fingerprint density at radius 1 is 1.00 bits per heavy atom. The van der Waals surface area contributed by atoms with Crippen LogP contribution in [-0.4, -0.2) is 10.1 Å². The van der Waals surface area contributed by atoms with Crippen LogP contribution < -0.4 is 4.74 Å². The number of hydrogen-bond donors (Lipinski definition) is 1. The number of benzene rings is 2. The molecule has 0 radical (unpaired) electrons. The fraction of sp³-hybridized carbons (Fsp3) is 0.208. The van der Waals surface area contributed by atoms with Crippen molar-refractivity contribution >= 4 is 0 Å². The summed E-state index contributed by atoms with van der Waals surface area (Å²) in [6, 6.07) is 22.6. The van der Waals surface area contributed by atoms with E-state index in [0.717, 1.165) is 36.3 Å². The van der Waals surface area contributed by atoms with Crippen LogP contribution in [0.3, 0.4) is 0 Å². The molecular formula is C24H23NO2. The molecule has 1 N–H and O–H groups in total. The van der Waals surface area contributed by atoms with Gasteiger partial charge in [0.15, 0.2) is 0 Å². The summed E-state index contributed by atoms with van der Waals surface area (Å²) in [5, 5.41) is 9.48. The first-order chi connectivity index (χ1) is 13.1. The number of terminal acetylenes is 1. The molecule has 0 aliphatic heterocycles. The van der Waals surface area contributed by atoms with Crippen LogP contribution in [0.15, 0.2) is 72.8 Å². The number of aromatic nitrogens is 1. The third-order valence-corrected chi connectivity index (χ3v) is 4.68. The second kappa shape index (κ2) is 8.42. The maximum absolute atomic E-state index is 9.48. The molecule has 1 unspecified atom stereocenters. The number of phenols is 1. The number of nitrogens with zero attached hydrogens (tertiary/aromatic N) is 1. The Bertz CT molecular complexity index is 913. The molecule has 1 heterocycles. The highest BCUT2D eigenvalue weighted by Crippen LogP contribution is 2.30. The Morgan fingerprint density at radius 3 is 2.44 bits per heavy atom. The van der Waals surface area contributed by atoms with E-state index in [1.165, 1.54) is 0 Å². The number of pyridine rings is 1. The van der Waals surface area contributed by atoms with E-state index in [-0.39, 0.29) is 11.2 Å². The van der Waals surface area contributed by atoms with Crippen molar-refractivity contribution in [3.63, 3.8) is 0 Å². The number of phenolic OH excluding ortho intramolecular Hbond substituents is 1. The molecule has 3 heteroatoms. The topological polar surface area (TPSA) is 42.4 Å². The molecule has 0 fully saturated rings. The van der Waals surface area contributed by atoms with Crippen LogP contribution in [-0.2, 0) is 11.8 Å². The van der Waals surface area contributed by atoms with Gasteiger partial charge >= 0.3 is 0 Å². The number of hydrogen-bond acceptors (Lipinski definition) is 3. The summed E-state index contributed by atoms with van der Waals surface area (Å²) in [6.07, 6.45) is 8.38. The lowest BCUT2D eigenvalue weighted by atomic mass is 9.79. The first-order valence-electron chi connectivity index (χ1n) is 9.05. The van der Waals surface area contributed by atoms with Crippen molar-refractivity contribution in [2.45, 2.75) is 31.6 Å². The smallest absolute Gasteiger partial charge is 0.219 e. The molecule has 3 rings (SSSR count). The summed E-state index contributed by atoms with van der Waals surface area (Å²) in [7, 11) is 0. The number of aromatic hydroxyl groups is 1. The summed E-state index contributed by atoms with van der Waals surface area (Å²) in [4.78, 5) is 4.59. The van der Waals surface area contributed by atoms with Gasteiger partial charge in [-0.3, -0.25) is 0 Å². The van der Waals surface area contributed by atoms with Gasteiger partial charge < -0.3 is 9.84 Å².